The topological polar surface area (TPSA) is 83.8 Å². The van der Waals surface area contributed by atoms with E-state index in [9.17, 15) is 4.39 Å². The van der Waals surface area contributed by atoms with Gasteiger partial charge in [0.25, 0.3) is 0 Å². The van der Waals surface area contributed by atoms with Gasteiger partial charge in [0, 0.05) is 35.7 Å². The molecule has 0 aromatic carbocycles. The minimum Gasteiger partial charge on any atom is -0.351 e. The Bertz CT molecular complexity index is 1090. The molecule has 1 saturated carbocycles. The number of H-pyrrole nitrogens is 1. The lowest BCUT2D eigenvalue weighted by atomic mass is 9.86. The van der Waals surface area contributed by atoms with Crippen LogP contribution < -0.4 is 5.32 Å². The summed E-state index contributed by atoms with van der Waals surface area (Å²) in [4.78, 5) is 16.3. The first-order valence-corrected chi connectivity index (χ1v) is 9.28. The normalized spacial score (nSPS) is 16.8. The predicted octanol–water partition coefficient (Wildman–Crippen LogP) is 3.75. The fourth-order valence-corrected chi connectivity index (χ4v) is 3.76. The van der Waals surface area contributed by atoms with Gasteiger partial charge in [0.05, 0.1) is 12.2 Å². The molecule has 0 amide bonds. The molecule has 1 aliphatic rings. The predicted molar refractivity (Wildman–Crippen MR) is 101 cm³/mol. The first-order chi connectivity index (χ1) is 13.2. The Balaban J connectivity index is 1.40. The Hall–Kier alpha value is -3.03. The maximum Gasteiger partial charge on any atom is 0.224 e. The van der Waals surface area contributed by atoms with Crippen LogP contribution in [0.4, 0.5) is 10.3 Å². The monoisotopic (exact) mass is 365 g/mol. The quantitative estimate of drug-likeness (QED) is 0.575. The Kier molecular flexibility index (Phi) is 3.77. The molecule has 4 aromatic rings. The lowest BCUT2D eigenvalue weighted by Crippen LogP contribution is -2.34. The van der Waals surface area contributed by atoms with E-state index < -0.39 is 5.67 Å². The van der Waals surface area contributed by atoms with E-state index in [2.05, 4.69) is 30.4 Å². The lowest BCUT2D eigenvalue weighted by molar-refractivity contribution is 0.122. The van der Waals surface area contributed by atoms with E-state index in [0.29, 0.717) is 24.4 Å². The van der Waals surface area contributed by atoms with Crippen molar-refractivity contribution in [2.45, 2.75) is 37.8 Å². The molecule has 0 saturated heterocycles. The minimum atomic E-state index is -1.15. The highest BCUT2D eigenvalue weighted by molar-refractivity contribution is 5.92. The third-order valence-electron chi connectivity index (χ3n) is 5.28. The third-order valence-corrected chi connectivity index (χ3v) is 5.28. The van der Waals surface area contributed by atoms with Crippen molar-refractivity contribution in [2.24, 2.45) is 0 Å². The molecule has 0 bridgehead atoms. The van der Waals surface area contributed by atoms with Gasteiger partial charge < -0.3 is 10.3 Å². The zero-order valence-corrected chi connectivity index (χ0v) is 14.8. The molecule has 2 N–H and O–H groups in total. The molecule has 138 valence electrons. The molecule has 5 rings (SSSR count). The molecular formula is C19H20FN7. The van der Waals surface area contributed by atoms with Crippen molar-refractivity contribution in [2.75, 3.05) is 11.9 Å². The largest absolute Gasteiger partial charge is 0.351 e. The van der Waals surface area contributed by atoms with E-state index in [-0.39, 0.29) is 6.54 Å². The van der Waals surface area contributed by atoms with Crippen LogP contribution in [0.3, 0.4) is 0 Å². The molecule has 27 heavy (non-hydrogen) atoms. The number of hydrogen-bond donors (Lipinski definition) is 2. The molecule has 0 radical (unpaired) electrons. The van der Waals surface area contributed by atoms with Crippen LogP contribution in [-0.2, 0) is 0 Å². The number of rotatable bonds is 4. The van der Waals surface area contributed by atoms with Crippen LogP contribution in [0.1, 0.15) is 32.1 Å². The van der Waals surface area contributed by atoms with Crippen molar-refractivity contribution in [3.05, 3.63) is 36.9 Å². The van der Waals surface area contributed by atoms with Crippen LogP contribution in [0.5, 0.6) is 0 Å². The van der Waals surface area contributed by atoms with E-state index in [4.69, 9.17) is 0 Å². The first-order valence-electron chi connectivity index (χ1n) is 9.28. The summed E-state index contributed by atoms with van der Waals surface area (Å²) >= 11 is 0. The van der Waals surface area contributed by atoms with E-state index in [1.807, 2.05) is 24.5 Å². The summed E-state index contributed by atoms with van der Waals surface area (Å²) in [5, 5.41) is 8.52. The van der Waals surface area contributed by atoms with Crippen molar-refractivity contribution in [3.8, 4) is 11.3 Å². The van der Waals surface area contributed by atoms with Crippen molar-refractivity contribution in [3.63, 3.8) is 0 Å². The standard InChI is InChI=1S/C19H20FN7/c20-19(6-2-1-3-7-19)12-24-18-23-11-14-13(10-22-17(14)25-18)15-4-5-16-21-8-9-27(16)26-15/h4-5,8-11H,1-3,6-7,12H2,(H2,22,23,24,25). The van der Waals surface area contributed by atoms with Gasteiger partial charge >= 0.3 is 0 Å². The number of aromatic amines is 1. The molecule has 1 fully saturated rings. The third kappa shape index (κ3) is 3.01. The molecule has 1 aliphatic carbocycles. The highest BCUT2D eigenvalue weighted by Crippen LogP contribution is 2.32. The number of hydrogen-bond acceptors (Lipinski definition) is 5. The number of fused-ring (bicyclic) bond motifs is 2. The van der Waals surface area contributed by atoms with Crippen LogP contribution in [0.2, 0.25) is 0 Å². The van der Waals surface area contributed by atoms with E-state index in [1.165, 1.54) is 0 Å². The number of aromatic nitrogens is 6. The molecule has 0 spiro atoms. The Morgan fingerprint density at radius 1 is 1.19 bits per heavy atom. The Labute approximate surface area is 155 Å². The van der Waals surface area contributed by atoms with E-state index >= 15 is 0 Å². The van der Waals surface area contributed by atoms with Gasteiger partial charge in [-0.3, -0.25) is 0 Å². The second-order valence-electron chi connectivity index (χ2n) is 7.17. The number of imidazole rings is 1. The molecule has 4 heterocycles. The number of nitrogens with one attached hydrogen (secondary N) is 2. The van der Waals surface area contributed by atoms with Gasteiger partial charge in [-0.05, 0) is 25.0 Å². The highest BCUT2D eigenvalue weighted by Gasteiger charge is 2.31. The maximum absolute atomic E-state index is 14.8. The molecule has 8 heteroatoms. The summed E-state index contributed by atoms with van der Waals surface area (Å²) in [7, 11) is 0. The van der Waals surface area contributed by atoms with Gasteiger partial charge in [-0.2, -0.15) is 10.1 Å². The molecule has 0 atom stereocenters. The van der Waals surface area contributed by atoms with Crippen LogP contribution in [-0.4, -0.2) is 41.8 Å². The Morgan fingerprint density at radius 2 is 2.07 bits per heavy atom. The van der Waals surface area contributed by atoms with E-state index in [0.717, 1.165) is 41.6 Å². The summed E-state index contributed by atoms with van der Waals surface area (Å²) in [6.07, 6.45) is 11.4. The van der Waals surface area contributed by atoms with E-state index in [1.54, 1.807) is 16.9 Å². The average Bonchev–Trinajstić information content (AvgIpc) is 3.32. The summed E-state index contributed by atoms with van der Waals surface area (Å²) < 4.78 is 16.5. The maximum atomic E-state index is 14.8. The molecular weight excluding hydrogens is 345 g/mol. The van der Waals surface area contributed by atoms with Gasteiger partial charge in [-0.1, -0.05) is 19.3 Å². The highest BCUT2D eigenvalue weighted by atomic mass is 19.1. The van der Waals surface area contributed by atoms with Crippen LogP contribution in [0, 0.1) is 0 Å². The molecule has 4 aromatic heterocycles. The second-order valence-corrected chi connectivity index (χ2v) is 7.17. The summed E-state index contributed by atoms with van der Waals surface area (Å²) in [5.41, 5.74) is 2.07. The van der Waals surface area contributed by atoms with Gasteiger partial charge in [0.1, 0.15) is 11.3 Å². The fraction of sp³-hybridized carbons (Fsp3) is 0.368. The SMILES string of the molecule is FC1(CNc2ncc3c(-c4ccc5nccn5n4)c[nH]c3n2)CCCCC1. The van der Waals surface area contributed by atoms with Gasteiger partial charge in [-0.15, -0.1) is 0 Å². The fourth-order valence-electron chi connectivity index (χ4n) is 3.76. The summed E-state index contributed by atoms with van der Waals surface area (Å²) in [5.74, 6) is 0.441. The lowest BCUT2D eigenvalue weighted by Gasteiger charge is -2.29. The number of nitrogens with zero attached hydrogens (tertiary/aromatic N) is 5. The van der Waals surface area contributed by atoms with Crippen molar-refractivity contribution in [1.82, 2.24) is 29.5 Å². The average molecular weight is 365 g/mol. The number of anilines is 1. The van der Waals surface area contributed by atoms with Crippen molar-refractivity contribution < 1.29 is 4.39 Å². The van der Waals surface area contributed by atoms with Crippen LogP contribution in [0.15, 0.2) is 36.9 Å². The van der Waals surface area contributed by atoms with Crippen LogP contribution in [0.25, 0.3) is 27.9 Å². The second kappa shape index (κ2) is 6.29. The molecule has 0 aliphatic heterocycles. The van der Waals surface area contributed by atoms with Crippen molar-refractivity contribution >= 4 is 22.6 Å². The van der Waals surface area contributed by atoms with Gasteiger partial charge in [0.2, 0.25) is 5.95 Å². The minimum absolute atomic E-state index is 0.255. The first kappa shape index (κ1) is 16.2. The Morgan fingerprint density at radius 3 is 2.96 bits per heavy atom. The smallest absolute Gasteiger partial charge is 0.224 e. The zero-order valence-electron chi connectivity index (χ0n) is 14.8. The molecule has 7 nitrogen and oxygen atoms in total. The van der Waals surface area contributed by atoms with Gasteiger partial charge in [0.15, 0.2) is 5.65 Å². The van der Waals surface area contributed by atoms with Crippen LogP contribution >= 0.6 is 0 Å². The van der Waals surface area contributed by atoms with Gasteiger partial charge in [-0.25, -0.2) is 18.9 Å². The molecule has 0 unspecified atom stereocenters. The zero-order chi connectivity index (χ0) is 18.3. The summed E-state index contributed by atoms with van der Waals surface area (Å²) in [6.45, 7) is 0.255. The van der Waals surface area contributed by atoms with Crippen molar-refractivity contribution in [1.29, 1.82) is 0 Å². The summed E-state index contributed by atoms with van der Waals surface area (Å²) in [6, 6.07) is 3.84. The number of alkyl halides is 1. The number of halogens is 1.